The van der Waals surface area contributed by atoms with Crippen molar-refractivity contribution in [1.82, 2.24) is 0 Å². The lowest BCUT2D eigenvalue weighted by Gasteiger charge is -2.15. The molecule has 2 amide bonds. The van der Waals surface area contributed by atoms with Crippen molar-refractivity contribution < 1.29 is 14.7 Å². The predicted octanol–water partition coefficient (Wildman–Crippen LogP) is 2.22. The highest BCUT2D eigenvalue weighted by Gasteiger charge is 2.37. The van der Waals surface area contributed by atoms with Crippen LogP contribution in [0.15, 0.2) is 48.5 Å². The third-order valence-electron chi connectivity index (χ3n) is 3.40. The lowest BCUT2D eigenvalue weighted by molar-refractivity contribution is 0.0926. The van der Waals surface area contributed by atoms with Gasteiger partial charge in [-0.1, -0.05) is 36.1 Å². The molecule has 0 spiro atoms. The molecule has 0 radical (unpaired) electrons. The van der Waals surface area contributed by atoms with Crippen LogP contribution in [0.3, 0.4) is 0 Å². The molecular formula is C18H13NO3. The number of nitrogens with zero attached hydrogens (tertiary/aromatic N) is 1. The Labute approximate surface area is 128 Å². The van der Waals surface area contributed by atoms with Crippen molar-refractivity contribution >= 4 is 17.5 Å². The van der Waals surface area contributed by atoms with Crippen LogP contribution in [0.1, 0.15) is 32.7 Å². The van der Waals surface area contributed by atoms with Crippen LogP contribution in [0.2, 0.25) is 0 Å². The molecule has 0 atom stereocenters. The van der Waals surface area contributed by atoms with Crippen LogP contribution in [0.4, 0.5) is 5.69 Å². The second-order valence-electron chi connectivity index (χ2n) is 4.78. The molecule has 3 rings (SSSR count). The van der Waals surface area contributed by atoms with Gasteiger partial charge in [0.2, 0.25) is 0 Å². The number of benzene rings is 2. The Morgan fingerprint density at radius 1 is 0.909 bits per heavy atom. The molecule has 1 aliphatic rings. The maximum Gasteiger partial charge on any atom is 0.266 e. The van der Waals surface area contributed by atoms with Gasteiger partial charge in [0.25, 0.3) is 11.8 Å². The average Bonchev–Trinajstić information content (AvgIpc) is 2.80. The minimum Gasteiger partial charge on any atom is -0.395 e. The summed E-state index contributed by atoms with van der Waals surface area (Å²) in [7, 11) is 0. The number of fused-ring (bicyclic) bond motifs is 1. The summed E-state index contributed by atoms with van der Waals surface area (Å²) in [4.78, 5) is 26.2. The maximum atomic E-state index is 12.5. The van der Waals surface area contributed by atoms with Gasteiger partial charge in [0, 0.05) is 12.0 Å². The topological polar surface area (TPSA) is 57.6 Å². The Balaban J connectivity index is 2.06. The highest BCUT2D eigenvalue weighted by atomic mass is 16.2. The lowest BCUT2D eigenvalue weighted by Crippen LogP contribution is -2.30. The van der Waals surface area contributed by atoms with E-state index in [1.807, 2.05) is 0 Å². The van der Waals surface area contributed by atoms with E-state index in [-0.39, 0.29) is 18.4 Å². The number of aliphatic hydroxyl groups excluding tert-OH is 1. The number of aliphatic hydroxyl groups is 1. The van der Waals surface area contributed by atoms with E-state index in [0.717, 1.165) is 4.90 Å². The number of para-hydroxylation sites is 1. The number of amides is 2. The average molecular weight is 291 g/mol. The van der Waals surface area contributed by atoms with Crippen LogP contribution >= 0.6 is 0 Å². The fraction of sp³-hybridized carbons (Fsp3) is 0.111. The minimum absolute atomic E-state index is 0.0256. The third-order valence-corrected chi connectivity index (χ3v) is 3.40. The smallest absolute Gasteiger partial charge is 0.266 e. The van der Waals surface area contributed by atoms with Gasteiger partial charge >= 0.3 is 0 Å². The molecule has 0 aromatic heterocycles. The molecule has 2 aromatic carbocycles. The molecule has 108 valence electrons. The summed E-state index contributed by atoms with van der Waals surface area (Å²) in [6.45, 7) is -0.0256. The first-order valence-electron chi connectivity index (χ1n) is 6.90. The lowest BCUT2D eigenvalue weighted by atomic mass is 10.1. The fourth-order valence-corrected chi connectivity index (χ4v) is 2.40. The van der Waals surface area contributed by atoms with E-state index in [1.165, 1.54) is 0 Å². The molecular weight excluding hydrogens is 278 g/mol. The number of hydrogen-bond acceptors (Lipinski definition) is 3. The van der Waals surface area contributed by atoms with Crippen LogP contribution in [0.5, 0.6) is 0 Å². The normalized spacial score (nSPS) is 12.9. The molecule has 2 aromatic rings. The fourth-order valence-electron chi connectivity index (χ4n) is 2.40. The zero-order valence-electron chi connectivity index (χ0n) is 11.7. The van der Waals surface area contributed by atoms with Crippen molar-refractivity contribution in [3.8, 4) is 11.8 Å². The van der Waals surface area contributed by atoms with Gasteiger partial charge in [-0.05, 0) is 24.3 Å². The molecule has 0 aliphatic carbocycles. The molecule has 0 saturated carbocycles. The van der Waals surface area contributed by atoms with Gasteiger partial charge in [-0.15, -0.1) is 0 Å². The summed E-state index contributed by atoms with van der Waals surface area (Å²) in [5.41, 5.74) is 1.88. The van der Waals surface area contributed by atoms with E-state index in [9.17, 15) is 9.59 Å². The zero-order chi connectivity index (χ0) is 15.5. The van der Waals surface area contributed by atoms with Crippen molar-refractivity contribution in [2.45, 2.75) is 6.42 Å². The molecule has 0 fully saturated rings. The van der Waals surface area contributed by atoms with Crippen LogP contribution in [-0.2, 0) is 0 Å². The van der Waals surface area contributed by atoms with Crippen LogP contribution < -0.4 is 4.90 Å². The molecule has 1 N–H and O–H groups in total. The molecule has 0 saturated heterocycles. The molecule has 1 aliphatic heterocycles. The van der Waals surface area contributed by atoms with Gasteiger partial charge in [0.1, 0.15) is 0 Å². The Morgan fingerprint density at radius 3 is 2.14 bits per heavy atom. The van der Waals surface area contributed by atoms with E-state index >= 15 is 0 Å². The number of rotatable bonds is 2. The molecule has 1 heterocycles. The Hall–Kier alpha value is -2.90. The molecule has 4 nitrogen and oxygen atoms in total. The van der Waals surface area contributed by atoms with Gasteiger partial charge in [-0.2, -0.15) is 0 Å². The highest BCUT2D eigenvalue weighted by Crippen LogP contribution is 2.30. The predicted molar refractivity (Wildman–Crippen MR) is 82.6 cm³/mol. The summed E-state index contributed by atoms with van der Waals surface area (Å²) in [5, 5.41) is 8.81. The molecule has 0 unspecified atom stereocenters. The molecule has 0 bridgehead atoms. The van der Waals surface area contributed by atoms with Crippen molar-refractivity contribution in [3.05, 3.63) is 65.2 Å². The summed E-state index contributed by atoms with van der Waals surface area (Å²) in [5.74, 6) is 5.05. The summed E-state index contributed by atoms with van der Waals surface area (Å²) in [6.07, 6.45) is 0.344. The van der Waals surface area contributed by atoms with Gasteiger partial charge in [0.05, 0.1) is 23.4 Å². The molecule has 22 heavy (non-hydrogen) atoms. The number of anilines is 1. The SMILES string of the molecule is O=C1c2ccccc2C(=O)N1c1ccccc1C#CCCO. The largest absolute Gasteiger partial charge is 0.395 e. The number of carbonyl (C=O) groups is 2. The van der Waals surface area contributed by atoms with Gasteiger partial charge < -0.3 is 5.11 Å². The first-order chi connectivity index (χ1) is 10.7. The third kappa shape index (κ3) is 2.28. The van der Waals surface area contributed by atoms with Crippen molar-refractivity contribution in [2.24, 2.45) is 0 Å². The van der Waals surface area contributed by atoms with Gasteiger partial charge in [-0.25, -0.2) is 4.90 Å². The minimum atomic E-state index is -0.336. The summed E-state index contributed by atoms with van der Waals surface area (Å²) in [6, 6.07) is 13.8. The quantitative estimate of drug-likeness (QED) is 0.682. The van der Waals surface area contributed by atoms with E-state index < -0.39 is 0 Å². The zero-order valence-corrected chi connectivity index (χ0v) is 11.7. The summed E-state index contributed by atoms with van der Waals surface area (Å²) >= 11 is 0. The monoisotopic (exact) mass is 291 g/mol. The highest BCUT2D eigenvalue weighted by molar-refractivity contribution is 6.34. The first kappa shape index (κ1) is 14.1. The second-order valence-corrected chi connectivity index (χ2v) is 4.78. The standard InChI is InChI=1S/C18H13NO3/c20-12-6-5-8-13-7-1-4-11-16(13)19-17(21)14-9-2-3-10-15(14)18(19)22/h1-4,7,9-11,20H,6,12H2. The number of carbonyl (C=O) groups excluding carboxylic acids is 2. The van der Waals surface area contributed by atoms with E-state index in [0.29, 0.717) is 28.8 Å². The summed E-state index contributed by atoms with van der Waals surface area (Å²) < 4.78 is 0. The van der Waals surface area contributed by atoms with Crippen LogP contribution in [0, 0.1) is 11.8 Å². The van der Waals surface area contributed by atoms with Crippen molar-refractivity contribution in [2.75, 3.05) is 11.5 Å². The molecule has 4 heteroatoms. The Morgan fingerprint density at radius 2 is 1.50 bits per heavy atom. The Kier molecular flexibility index (Phi) is 3.73. The van der Waals surface area contributed by atoms with Crippen molar-refractivity contribution in [1.29, 1.82) is 0 Å². The van der Waals surface area contributed by atoms with E-state index in [1.54, 1.807) is 48.5 Å². The van der Waals surface area contributed by atoms with Gasteiger partial charge in [-0.3, -0.25) is 9.59 Å². The number of imide groups is 1. The second kappa shape index (κ2) is 5.84. The van der Waals surface area contributed by atoms with E-state index in [4.69, 9.17) is 5.11 Å². The van der Waals surface area contributed by atoms with Gasteiger partial charge in [0.15, 0.2) is 0 Å². The van der Waals surface area contributed by atoms with E-state index in [2.05, 4.69) is 11.8 Å². The van der Waals surface area contributed by atoms with Crippen molar-refractivity contribution in [3.63, 3.8) is 0 Å². The van der Waals surface area contributed by atoms with Crippen LogP contribution in [0.25, 0.3) is 0 Å². The Bertz CT molecular complexity index is 779. The number of hydrogen-bond donors (Lipinski definition) is 1. The first-order valence-corrected chi connectivity index (χ1v) is 6.90. The maximum absolute atomic E-state index is 12.5. The van der Waals surface area contributed by atoms with Crippen LogP contribution in [-0.4, -0.2) is 23.5 Å².